The van der Waals surface area contributed by atoms with Gasteiger partial charge in [0.15, 0.2) is 0 Å². The van der Waals surface area contributed by atoms with E-state index in [0.29, 0.717) is 5.92 Å². The van der Waals surface area contributed by atoms with Gasteiger partial charge >= 0.3 is 0 Å². The molecule has 2 rings (SSSR count). The Morgan fingerprint density at radius 2 is 1.86 bits per heavy atom. The number of fused-ring (bicyclic) bond motifs is 1. The van der Waals surface area contributed by atoms with E-state index in [-0.39, 0.29) is 5.41 Å². The molecule has 0 aromatic carbocycles. The summed E-state index contributed by atoms with van der Waals surface area (Å²) in [5.74, 6) is 0.310. The van der Waals surface area contributed by atoms with Crippen LogP contribution in [0.1, 0.15) is 73.1 Å². The topological polar surface area (TPSA) is 20.2 Å². The third-order valence-electron chi connectivity index (χ3n) is 5.49. The summed E-state index contributed by atoms with van der Waals surface area (Å²) in [5.41, 5.74) is 4.08. The quantitative estimate of drug-likeness (QED) is 0.626. The molecule has 0 radical (unpaired) electrons. The van der Waals surface area contributed by atoms with Gasteiger partial charge in [-0.2, -0.15) is 0 Å². The fraction of sp³-hybridized carbons (Fsp3) is 0.700. The lowest BCUT2D eigenvalue weighted by molar-refractivity contribution is 0.0338. The Kier molecular flexibility index (Phi) is 4.82. The van der Waals surface area contributed by atoms with E-state index in [1.54, 1.807) is 0 Å². The third-order valence-corrected chi connectivity index (χ3v) is 5.49. The number of allylic oxidation sites excluding steroid dienone is 5. The molecule has 1 saturated carbocycles. The molecule has 0 amide bonds. The second-order valence-corrected chi connectivity index (χ2v) is 8.01. The average molecular weight is 288 g/mol. The zero-order chi connectivity index (χ0) is 15.7. The summed E-state index contributed by atoms with van der Waals surface area (Å²) in [6.07, 6.45) is 14.0. The lowest BCUT2D eigenvalue weighted by atomic mass is 9.75. The molecule has 1 nitrogen and oxygen atoms in total. The highest BCUT2D eigenvalue weighted by Gasteiger charge is 2.44. The maximum atomic E-state index is 10.6. The number of hydrogen-bond donors (Lipinski definition) is 1. The van der Waals surface area contributed by atoms with Crippen LogP contribution in [0, 0.1) is 11.3 Å². The van der Waals surface area contributed by atoms with Gasteiger partial charge in [0.1, 0.15) is 0 Å². The van der Waals surface area contributed by atoms with Crippen molar-refractivity contribution < 1.29 is 5.11 Å². The highest BCUT2D eigenvalue weighted by atomic mass is 16.3. The van der Waals surface area contributed by atoms with Crippen molar-refractivity contribution in [2.45, 2.75) is 78.7 Å². The summed E-state index contributed by atoms with van der Waals surface area (Å²) in [5, 5.41) is 10.6. The predicted octanol–water partition coefficient (Wildman–Crippen LogP) is 5.57. The van der Waals surface area contributed by atoms with Gasteiger partial charge in [0.2, 0.25) is 0 Å². The van der Waals surface area contributed by atoms with E-state index < -0.39 is 5.60 Å². The fourth-order valence-electron chi connectivity index (χ4n) is 3.93. The summed E-state index contributed by atoms with van der Waals surface area (Å²) in [6.45, 7) is 10.8. The molecule has 2 atom stereocenters. The van der Waals surface area contributed by atoms with Gasteiger partial charge < -0.3 is 5.11 Å². The average Bonchev–Trinajstić information content (AvgIpc) is 2.70. The van der Waals surface area contributed by atoms with Gasteiger partial charge in [-0.15, -0.1) is 0 Å². The van der Waals surface area contributed by atoms with Gasteiger partial charge in [-0.05, 0) is 71.6 Å². The summed E-state index contributed by atoms with van der Waals surface area (Å²) in [6, 6.07) is 0. The zero-order valence-electron chi connectivity index (χ0n) is 14.5. The lowest BCUT2D eigenvalue weighted by Gasteiger charge is -2.32. The second-order valence-electron chi connectivity index (χ2n) is 8.01. The Morgan fingerprint density at radius 3 is 2.52 bits per heavy atom. The molecule has 2 aliphatic rings. The molecule has 0 aliphatic heterocycles. The van der Waals surface area contributed by atoms with Crippen molar-refractivity contribution in [2.75, 3.05) is 0 Å². The minimum atomic E-state index is -0.611. The SMILES string of the molecule is C/C1=C\CC/C(C)=C/C[C@]2(C)CC[C@H](C(C)(C)O)C2=CC1. The summed E-state index contributed by atoms with van der Waals surface area (Å²) in [4.78, 5) is 0. The molecule has 1 heteroatoms. The van der Waals surface area contributed by atoms with E-state index in [9.17, 15) is 5.11 Å². The van der Waals surface area contributed by atoms with Crippen molar-refractivity contribution >= 4 is 0 Å². The predicted molar refractivity (Wildman–Crippen MR) is 91.2 cm³/mol. The Bertz CT molecular complexity index is 473. The van der Waals surface area contributed by atoms with Gasteiger partial charge in [0, 0.05) is 5.92 Å². The van der Waals surface area contributed by atoms with Gasteiger partial charge in [-0.1, -0.05) is 41.9 Å². The van der Waals surface area contributed by atoms with Crippen LogP contribution in [0.4, 0.5) is 0 Å². The second kappa shape index (κ2) is 6.12. The molecule has 1 N–H and O–H groups in total. The molecule has 0 bridgehead atoms. The minimum Gasteiger partial charge on any atom is -0.390 e. The Morgan fingerprint density at radius 1 is 1.14 bits per heavy atom. The first kappa shape index (κ1) is 16.5. The molecule has 0 spiro atoms. The molecule has 0 aromatic heterocycles. The first-order chi connectivity index (χ1) is 9.72. The van der Waals surface area contributed by atoms with Gasteiger partial charge in [0.05, 0.1) is 5.60 Å². The van der Waals surface area contributed by atoms with Gasteiger partial charge in [0.25, 0.3) is 0 Å². The Balaban J connectivity index is 2.39. The van der Waals surface area contributed by atoms with E-state index >= 15 is 0 Å². The van der Waals surface area contributed by atoms with Gasteiger partial charge in [-0.3, -0.25) is 0 Å². The van der Waals surface area contributed by atoms with Crippen LogP contribution in [0.25, 0.3) is 0 Å². The molecule has 1 fully saturated rings. The molecule has 2 aliphatic carbocycles. The molecule has 21 heavy (non-hydrogen) atoms. The van der Waals surface area contributed by atoms with Crippen LogP contribution in [-0.4, -0.2) is 10.7 Å². The minimum absolute atomic E-state index is 0.233. The highest BCUT2D eigenvalue weighted by Crippen LogP contribution is 2.52. The van der Waals surface area contributed by atoms with Crippen molar-refractivity contribution in [1.82, 2.24) is 0 Å². The molecule has 0 unspecified atom stereocenters. The van der Waals surface area contributed by atoms with E-state index in [0.717, 1.165) is 25.7 Å². The van der Waals surface area contributed by atoms with E-state index in [4.69, 9.17) is 0 Å². The zero-order valence-corrected chi connectivity index (χ0v) is 14.5. The first-order valence-corrected chi connectivity index (χ1v) is 8.46. The number of aliphatic hydroxyl groups is 1. The molecular formula is C20H32O. The van der Waals surface area contributed by atoms with Crippen LogP contribution in [0.3, 0.4) is 0 Å². The Labute approximate surface area is 130 Å². The highest BCUT2D eigenvalue weighted by molar-refractivity contribution is 5.28. The van der Waals surface area contributed by atoms with Gasteiger partial charge in [-0.25, -0.2) is 0 Å². The van der Waals surface area contributed by atoms with Crippen molar-refractivity contribution in [3.8, 4) is 0 Å². The van der Waals surface area contributed by atoms with Crippen molar-refractivity contribution in [3.05, 3.63) is 34.9 Å². The van der Waals surface area contributed by atoms with Crippen LogP contribution in [0.2, 0.25) is 0 Å². The normalized spacial score (nSPS) is 36.7. The smallest absolute Gasteiger partial charge is 0.0656 e. The largest absolute Gasteiger partial charge is 0.390 e. The molecule has 0 heterocycles. The summed E-state index contributed by atoms with van der Waals surface area (Å²) in [7, 11) is 0. The third kappa shape index (κ3) is 3.88. The summed E-state index contributed by atoms with van der Waals surface area (Å²) >= 11 is 0. The van der Waals surface area contributed by atoms with Crippen LogP contribution < -0.4 is 0 Å². The van der Waals surface area contributed by atoms with Crippen LogP contribution in [0.15, 0.2) is 34.9 Å². The number of rotatable bonds is 1. The lowest BCUT2D eigenvalue weighted by Crippen LogP contribution is -2.32. The van der Waals surface area contributed by atoms with Crippen LogP contribution in [0.5, 0.6) is 0 Å². The van der Waals surface area contributed by atoms with Crippen molar-refractivity contribution in [2.24, 2.45) is 11.3 Å². The van der Waals surface area contributed by atoms with Crippen LogP contribution in [-0.2, 0) is 0 Å². The molecular weight excluding hydrogens is 256 g/mol. The monoisotopic (exact) mass is 288 g/mol. The summed E-state index contributed by atoms with van der Waals surface area (Å²) < 4.78 is 0. The Hall–Kier alpha value is -0.820. The van der Waals surface area contributed by atoms with E-state index in [2.05, 4.69) is 39.0 Å². The first-order valence-electron chi connectivity index (χ1n) is 8.46. The fourth-order valence-corrected chi connectivity index (χ4v) is 3.93. The molecule has 0 saturated heterocycles. The molecule has 118 valence electrons. The maximum absolute atomic E-state index is 10.6. The standard InChI is InChI=1S/C20H32O/c1-15-7-6-8-16(2)11-13-20(5)14-12-17(19(3,4)21)18(20)10-9-15/h7,10-11,17,21H,6,8-9,12-14H2,1-5H3/b15-7+,16-11+,18-10?/t17-,20+/m0/s1. The van der Waals surface area contributed by atoms with Crippen molar-refractivity contribution in [1.29, 1.82) is 0 Å². The maximum Gasteiger partial charge on any atom is 0.0656 e. The number of hydrogen-bond acceptors (Lipinski definition) is 1. The van der Waals surface area contributed by atoms with E-state index in [1.165, 1.54) is 29.6 Å². The van der Waals surface area contributed by atoms with Crippen molar-refractivity contribution in [3.63, 3.8) is 0 Å². The van der Waals surface area contributed by atoms with E-state index in [1.807, 2.05) is 13.8 Å². The molecule has 0 aromatic rings. The van der Waals surface area contributed by atoms with Crippen LogP contribution >= 0.6 is 0 Å².